The van der Waals surface area contributed by atoms with Crippen molar-refractivity contribution in [3.63, 3.8) is 0 Å². The number of pyridine rings is 1. The molecule has 0 aliphatic rings. The van der Waals surface area contributed by atoms with Gasteiger partial charge in [-0.15, -0.1) is 0 Å². The molecule has 3 rings (SSSR count). The molecule has 0 fully saturated rings. The quantitative estimate of drug-likeness (QED) is 0.586. The van der Waals surface area contributed by atoms with Crippen LogP contribution in [0, 0.1) is 0 Å². The molecule has 164 valence electrons. The van der Waals surface area contributed by atoms with Gasteiger partial charge in [-0.05, 0) is 57.0 Å². The van der Waals surface area contributed by atoms with Crippen molar-refractivity contribution in [3.8, 4) is 5.75 Å². The lowest BCUT2D eigenvalue weighted by Gasteiger charge is -2.21. The van der Waals surface area contributed by atoms with Crippen LogP contribution in [0.15, 0.2) is 59.6 Å². The van der Waals surface area contributed by atoms with Crippen LogP contribution in [0.25, 0.3) is 10.9 Å². The molecule has 0 saturated carbocycles. The van der Waals surface area contributed by atoms with Crippen molar-refractivity contribution in [2.45, 2.75) is 37.6 Å². The number of benzene rings is 2. The van der Waals surface area contributed by atoms with Crippen LogP contribution in [0.3, 0.4) is 0 Å². The zero-order valence-electron chi connectivity index (χ0n) is 18.1. The lowest BCUT2D eigenvalue weighted by atomic mass is 10.1. The fourth-order valence-corrected chi connectivity index (χ4v) is 4.88. The molecule has 0 spiro atoms. The molecule has 0 radical (unpaired) electrons. The second-order valence-corrected chi connectivity index (χ2v) is 9.87. The normalized spacial score (nSPS) is 12.0. The molecule has 2 aromatic carbocycles. The highest BCUT2D eigenvalue weighted by atomic mass is 32.2. The number of aromatic nitrogens is 1. The second-order valence-electron chi connectivity index (χ2n) is 8.22. The summed E-state index contributed by atoms with van der Waals surface area (Å²) in [5, 5.41) is 3.90. The van der Waals surface area contributed by atoms with Gasteiger partial charge >= 0.3 is 0 Å². The number of nitrogens with zero attached hydrogens (tertiary/aromatic N) is 1. The van der Waals surface area contributed by atoms with Gasteiger partial charge in [-0.3, -0.25) is 9.78 Å². The van der Waals surface area contributed by atoms with Crippen LogP contribution < -0.4 is 14.8 Å². The van der Waals surface area contributed by atoms with Gasteiger partial charge in [0.25, 0.3) is 5.91 Å². The predicted octanol–water partition coefficient (Wildman–Crippen LogP) is 3.29. The maximum Gasteiger partial charge on any atom is 0.251 e. The van der Waals surface area contributed by atoms with Crippen molar-refractivity contribution < 1.29 is 17.9 Å². The topological polar surface area (TPSA) is 97.4 Å². The van der Waals surface area contributed by atoms with Gasteiger partial charge in [0, 0.05) is 29.2 Å². The van der Waals surface area contributed by atoms with Crippen LogP contribution in [0.2, 0.25) is 0 Å². The Morgan fingerprint density at radius 2 is 1.84 bits per heavy atom. The van der Waals surface area contributed by atoms with Gasteiger partial charge in [-0.1, -0.05) is 24.3 Å². The molecule has 0 bridgehead atoms. The summed E-state index contributed by atoms with van der Waals surface area (Å²) in [5.74, 6) is -0.182. The third-order valence-electron chi connectivity index (χ3n) is 4.55. The zero-order chi connectivity index (χ0) is 22.6. The monoisotopic (exact) mass is 441 g/mol. The van der Waals surface area contributed by atoms with Crippen LogP contribution in [-0.4, -0.2) is 38.5 Å². The van der Waals surface area contributed by atoms with Crippen molar-refractivity contribution >= 4 is 26.8 Å². The number of rotatable bonds is 7. The van der Waals surface area contributed by atoms with Crippen LogP contribution >= 0.6 is 0 Å². The van der Waals surface area contributed by atoms with Gasteiger partial charge < -0.3 is 10.1 Å². The first-order valence-corrected chi connectivity index (χ1v) is 11.4. The molecule has 0 atom stereocenters. The van der Waals surface area contributed by atoms with Crippen molar-refractivity contribution in [2.24, 2.45) is 0 Å². The molecule has 0 saturated heterocycles. The Balaban J connectivity index is 1.76. The van der Waals surface area contributed by atoms with Gasteiger partial charge in [0.1, 0.15) is 10.6 Å². The highest BCUT2D eigenvalue weighted by Crippen LogP contribution is 2.26. The lowest BCUT2D eigenvalue weighted by molar-refractivity contribution is 0.0954. The van der Waals surface area contributed by atoms with Gasteiger partial charge in [-0.25, -0.2) is 13.1 Å². The third kappa shape index (κ3) is 5.59. The highest BCUT2D eigenvalue weighted by Gasteiger charge is 2.26. The van der Waals surface area contributed by atoms with E-state index in [0.29, 0.717) is 13.0 Å². The second kappa shape index (κ2) is 9.03. The van der Waals surface area contributed by atoms with E-state index in [1.54, 1.807) is 33.0 Å². The first-order chi connectivity index (χ1) is 14.6. The molecule has 8 heteroatoms. The van der Waals surface area contributed by atoms with E-state index in [9.17, 15) is 13.2 Å². The number of ether oxygens (including phenoxy) is 1. The summed E-state index contributed by atoms with van der Waals surface area (Å²) in [4.78, 5) is 17.0. The van der Waals surface area contributed by atoms with E-state index in [-0.39, 0.29) is 22.1 Å². The molecular formula is C23H27N3O4S. The summed E-state index contributed by atoms with van der Waals surface area (Å²) in [5.41, 5.74) is 1.51. The summed E-state index contributed by atoms with van der Waals surface area (Å²) >= 11 is 0. The smallest absolute Gasteiger partial charge is 0.251 e. The zero-order valence-corrected chi connectivity index (χ0v) is 18.9. The minimum Gasteiger partial charge on any atom is -0.495 e. The van der Waals surface area contributed by atoms with E-state index in [4.69, 9.17) is 4.74 Å². The molecule has 7 nitrogen and oxygen atoms in total. The Bertz CT molecular complexity index is 1200. The first kappa shape index (κ1) is 22.7. The summed E-state index contributed by atoms with van der Waals surface area (Å²) in [6.45, 7) is 5.63. The van der Waals surface area contributed by atoms with Crippen molar-refractivity contribution in [1.82, 2.24) is 15.0 Å². The molecule has 1 amide bonds. The van der Waals surface area contributed by atoms with Crippen molar-refractivity contribution in [3.05, 3.63) is 65.9 Å². The summed E-state index contributed by atoms with van der Waals surface area (Å²) in [7, 11) is -2.48. The van der Waals surface area contributed by atoms with Gasteiger partial charge in [0.2, 0.25) is 10.0 Å². The average Bonchev–Trinajstić information content (AvgIpc) is 2.71. The minimum absolute atomic E-state index is 0.0733. The SMILES string of the molecule is COc1ccc(C(=O)NCCc2cccc3cccnc23)cc1S(=O)(=O)NC(C)(C)C. The molecule has 0 aliphatic carbocycles. The number of para-hydroxylation sites is 1. The first-order valence-electron chi connectivity index (χ1n) is 9.93. The number of hydrogen-bond donors (Lipinski definition) is 2. The Morgan fingerprint density at radius 1 is 1.10 bits per heavy atom. The van der Waals surface area contributed by atoms with Crippen LogP contribution in [0.5, 0.6) is 5.75 Å². The Kier molecular flexibility index (Phi) is 6.62. The van der Waals surface area contributed by atoms with E-state index in [2.05, 4.69) is 15.0 Å². The van der Waals surface area contributed by atoms with E-state index in [0.717, 1.165) is 16.5 Å². The van der Waals surface area contributed by atoms with Crippen LogP contribution in [0.1, 0.15) is 36.7 Å². The standard InChI is InChI=1S/C23H27N3O4S/c1-23(2,3)26-31(28,29)20-15-18(10-11-19(20)30-4)22(27)25-14-12-17-8-5-7-16-9-6-13-24-21(16)17/h5-11,13,15,26H,12,14H2,1-4H3,(H,25,27). The highest BCUT2D eigenvalue weighted by molar-refractivity contribution is 7.89. The molecular weight excluding hydrogens is 414 g/mol. The molecule has 3 aromatic rings. The number of carbonyl (C=O) groups excluding carboxylic acids is 1. The number of hydrogen-bond acceptors (Lipinski definition) is 5. The van der Waals surface area contributed by atoms with Crippen LogP contribution in [-0.2, 0) is 16.4 Å². The van der Waals surface area contributed by atoms with Gasteiger partial charge in [-0.2, -0.15) is 0 Å². The van der Waals surface area contributed by atoms with Crippen molar-refractivity contribution in [1.29, 1.82) is 0 Å². The minimum atomic E-state index is -3.87. The maximum atomic E-state index is 12.8. The maximum absolute atomic E-state index is 12.8. The summed E-state index contributed by atoms with van der Waals surface area (Å²) < 4.78 is 33.4. The lowest BCUT2D eigenvalue weighted by Crippen LogP contribution is -2.40. The number of carbonyl (C=O) groups is 1. The van der Waals surface area contributed by atoms with E-state index in [1.807, 2.05) is 30.3 Å². The predicted molar refractivity (Wildman–Crippen MR) is 121 cm³/mol. The third-order valence-corrected chi connectivity index (χ3v) is 6.33. The fourth-order valence-electron chi connectivity index (χ4n) is 3.27. The van der Waals surface area contributed by atoms with E-state index >= 15 is 0 Å². The largest absolute Gasteiger partial charge is 0.495 e. The molecule has 0 aliphatic heterocycles. The molecule has 31 heavy (non-hydrogen) atoms. The number of nitrogens with one attached hydrogen (secondary N) is 2. The van der Waals surface area contributed by atoms with Gasteiger partial charge in [0.15, 0.2) is 0 Å². The fraction of sp³-hybridized carbons (Fsp3) is 0.304. The Labute approximate surface area is 182 Å². The summed E-state index contributed by atoms with van der Waals surface area (Å²) in [6.07, 6.45) is 2.35. The molecule has 0 unspecified atom stereocenters. The number of methoxy groups -OCH3 is 1. The molecule has 1 aromatic heterocycles. The van der Waals surface area contributed by atoms with Gasteiger partial charge in [0.05, 0.1) is 12.6 Å². The Hall–Kier alpha value is -2.97. The number of fused-ring (bicyclic) bond motifs is 1. The summed E-state index contributed by atoms with van der Waals surface area (Å²) in [6, 6.07) is 14.2. The van der Waals surface area contributed by atoms with E-state index in [1.165, 1.54) is 19.2 Å². The number of amides is 1. The van der Waals surface area contributed by atoms with Crippen LogP contribution in [0.4, 0.5) is 0 Å². The van der Waals surface area contributed by atoms with Crippen molar-refractivity contribution in [2.75, 3.05) is 13.7 Å². The average molecular weight is 442 g/mol. The molecule has 2 N–H and O–H groups in total. The Morgan fingerprint density at radius 3 is 2.55 bits per heavy atom. The molecule has 1 heterocycles. The number of sulfonamides is 1. The van der Waals surface area contributed by atoms with E-state index < -0.39 is 15.6 Å².